The molecular formula is C13H19FN2O3S. The first-order chi connectivity index (χ1) is 9.45. The van der Waals surface area contributed by atoms with Gasteiger partial charge in [-0.1, -0.05) is 13.0 Å². The van der Waals surface area contributed by atoms with E-state index in [9.17, 15) is 12.8 Å². The molecule has 20 heavy (non-hydrogen) atoms. The second-order valence-corrected chi connectivity index (χ2v) is 6.58. The Morgan fingerprint density at radius 1 is 1.50 bits per heavy atom. The lowest BCUT2D eigenvalue weighted by atomic mass is 10.0. The molecule has 1 aromatic carbocycles. The van der Waals surface area contributed by atoms with Crippen molar-refractivity contribution < 1.29 is 17.5 Å². The van der Waals surface area contributed by atoms with Crippen molar-refractivity contribution in [1.29, 1.82) is 0 Å². The lowest BCUT2D eigenvalue weighted by molar-refractivity contribution is 0.0884. The molecule has 0 radical (unpaired) electrons. The molecule has 0 aliphatic carbocycles. The predicted molar refractivity (Wildman–Crippen MR) is 74.1 cm³/mol. The zero-order valence-corrected chi connectivity index (χ0v) is 12.1. The number of nitrogens with one attached hydrogen (secondary N) is 1. The molecule has 1 saturated heterocycles. The third-order valence-electron chi connectivity index (χ3n) is 3.55. The molecule has 3 N–H and O–H groups in total. The molecule has 0 bridgehead atoms. The van der Waals surface area contributed by atoms with Crippen molar-refractivity contribution in [2.24, 2.45) is 5.92 Å². The molecule has 1 aromatic rings. The summed E-state index contributed by atoms with van der Waals surface area (Å²) < 4.78 is 45.9. The zero-order valence-electron chi connectivity index (χ0n) is 11.3. The Morgan fingerprint density at radius 3 is 2.90 bits per heavy atom. The number of nitrogen functional groups attached to an aromatic ring is 1. The maximum atomic E-state index is 13.7. The van der Waals surface area contributed by atoms with Gasteiger partial charge in [-0.2, -0.15) is 0 Å². The van der Waals surface area contributed by atoms with E-state index in [1.807, 2.05) is 6.92 Å². The van der Waals surface area contributed by atoms with Gasteiger partial charge in [0, 0.05) is 19.1 Å². The average Bonchev–Trinajstić information content (AvgIpc) is 2.83. The normalized spacial score (nSPS) is 23.1. The first kappa shape index (κ1) is 15.2. The van der Waals surface area contributed by atoms with Gasteiger partial charge in [-0.05, 0) is 25.0 Å². The topological polar surface area (TPSA) is 81.4 Å². The summed E-state index contributed by atoms with van der Waals surface area (Å²) >= 11 is 0. The fourth-order valence-electron chi connectivity index (χ4n) is 2.48. The number of sulfonamides is 1. The molecule has 2 atom stereocenters. The number of ether oxygens (including phenoxy) is 1. The highest BCUT2D eigenvalue weighted by molar-refractivity contribution is 7.89. The Balaban J connectivity index is 2.12. The number of hydrogen-bond acceptors (Lipinski definition) is 4. The van der Waals surface area contributed by atoms with Crippen LogP contribution in [0, 0.1) is 11.7 Å². The molecule has 1 heterocycles. The van der Waals surface area contributed by atoms with Crippen molar-refractivity contribution in [2.45, 2.75) is 30.8 Å². The summed E-state index contributed by atoms with van der Waals surface area (Å²) in [6, 6.07) is 3.82. The van der Waals surface area contributed by atoms with Gasteiger partial charge in [0.1, 0.15) is 10.7 Å². The Labute approximate surface area is 118 Å². The number of halogens is 1. The Kier molecular flexibility index (Phi) is 4.62. The molecule has 0 spiro atoms. The van der Waals surface area contributed by atoms with Gasteiger partial charge in [0.2, 0.25) is 10.0 Å². The molecular weight excluding hydrogens is 283 g/mol. The molecule has 2 unspecified atom stereocenters. The molecule has 112 valence electrons. The van der Waals surface area contributed by atoms with E-state index in [2.05, 4.69) is 4.72 Å². The van der Waals surface area contributed by atoms with E-state index in [0.717, 1.165) is 18.9 Å². The van der Waals surface area contributed by atoms with E-state index in [-0.39, 0.29) is 24.3 Å². The van der Waals surface area contributed by atoms with Gasteiger partial charge in [-0.15, -0.1) is 0 Å². The van der Waals surface area contributed by atoms with Crippen LogP contribution in [0.5, 0.6) is 0 Å². The molecule has 0 aromatic heterocycles. The van der Waals surface area contributed by atoms with Crippen molar-refractivity contribution in [3.05, 3.63) is 24.0 Å². The van der Waals surface area contributed by atoms with Gasteiger partial charge in [0.25, 0.3) is 0 Å². The highest BCUT2D eigenvalue weighted by Gasteiger charge is 2.29. The van der Waals surface area contributed by atoms with E-state index in [0.29, 0.717) is 6.61 Å². The van der Waals surface area contributed by atoms with Gasteiger partial charge < -0.3 is 10.5 Å². The largest absolute Gasteiger partial charge is 0.398 e. The zero-order chi connectivity index (χ0) is 14.8. The number of nitrogens with two attached hydrogens (primary N) is 1. The fourth-order valence-corrected chi connectivity index (χ4v) is 3.76. The second-order valence-electron chi connectivity index (χ2n) is 4.88. The number of hydrogen-bond donors (Lipinski definition) is 2. The summed E-state index contributed by atoms with van der Waals surface area (Å²) in [7, 11) is -3.95. The summed E-state index contributed by atoms with van der Waals surface area (Å²) in [6.07, 6.45) is 1.68. The van der Waals surface area contributed by atoms with Gasteiger partial charge in [0.05, 0.1) is 11.8 Å². The van der Waals surface area contributed by atoms with Crippen LogP contribution in [0.15, 0.2) is 23.1 Å². The van der Waals surface area contributed by atoms with Crippen molar-refractivity contribution >= 4 is 15.7 Å². The highest BCUT2D eigenvalue weighted by Crippen LogP contribution is 2.25. The van der Waals surface area contributed by atoms with Gasteiger partial charge >= 0.3 is 0 Å². The minimum absolute atomic E-state index is 0.0515. The lowest BCUT2D eigenvalue weighted by Crippen LogP contribution is -2.33. The van der Waals surface area contributed by atoms with Crippen LogP contribution in [0.25, 0.3) is 0 Å². The SMILES string of the molecule is CCC1OCCC1CNS(=O)(=O)c1c(N)cccc1F. The monoisotopic (exact) mass is 302 g/mol. The van der Waals surface area contributed by atoms with Crippen LogP contribution >= 0.6 is 0 Å². The standard InChI is InChI=1S/C13H19FN2O3S/c1-2-12-9(6-7-19-12)8-16-20(17,18)13-10(14)4-3-5-11(13)15/h3-5,9,12,16H,2,6-8,15H2,1H3. The highest BCUT2D eigenvalue weighted by atomic mass is 32.2. The molecule has 2 rings (SSSR count). The second kappa shape index (κ2) is 6.07. The smallest absolute Gasteiger partial charge is 0.245 e. The van der Waals surface area contributed by atoms with Gasteiger partial charge in [0.15, 0.2) is 0 Å². The van der Waals surface area contributed by atoms with Crippen LogP contribution in [0.2, 0.25) is 0 Å². The summed E-state index contributed by atoms with van der Waals surface area (Å²) in [5, 5.41) is 0. The molecule has 1 aliphatic heterocycles. The Bertz CT molecular complexity index is 557. The maximum Gasteiger partial charge on any atom is 0.245 e. The van der Waals surface area contributed by atoms with Crippen molar-refractivity contribution in [3.63, 3.8) is 0 Å². The van der Waals surface area contributed by atoms with Crippen LogP contribution in [0.3, 0.4) is 0 Å². The lowest BCUT2D eigenvalue weighted by Gasteiger charge is -2.17. The number of benzene rings is 1. The van der Waals surface area contributed by atoms with Crippen LogP contribution in [0.4, 0.5) is 10.1 Å². The molecule has 5 nitrogen and oxygen atoms in total. The van der Waals surface area contributed by atoms with E-state index in [1.165, 1.54) is 12.1 Å². The summed E-state index contributed by atoms with van der Waals surface area (Å²) in [5.74, 6) is -0.727. The van der Waals surface area contributed by atoms with Gasteiger partial charge in [-0.25, -0.2) is 17.5 Å². The average molecular weight is 302 g/mol. The minimum Gasteiger partial charge on any atom is -0.398 e. The van der Waals surface area contributed by atoms with E-state index >= 15 is 0 Å². The van der Waals surface area contributed by atoms with Gasteiger partial charge in [-0.3, -0.25) is 0 Å². The predicted octanol–water partition coefficient (Wildman–Crippen LogP) is 1.50. The molecule has 0 amide bonds. The fraction of sp³-hybridized carbons (Fsp3) is 0.538. The molecule has 1 fully saturated rings. The van der Waals surface area contributed by atoms with Crippen LogP contribution in [-0.2, 0) is 14.8 Å². The van der Waals surface area contributed by atoms with Crippen LogP contribution in [-0.4, -0.2) is 27.7 Å². The Morgan fingerprint density at radius 2 is 2.25 bits per heavy atom. The van der Waals surface area contributed by atoms with E-state index in [4.69, 9.17) is 10.5 Å². The van der Waals surface area contributed by atoms with Crippen molar-refractivity contribution in [2.75, 3.05) is 18.9 Å². The molecule has 7 heteroatoms. The molecule has 1 aliphatic rings. The maximum absolute atomic E-state index is 13.7. The van der Waals surface area contributed by atoms with Crippen molar-refractivity contribution in [1.82, 2.24) is 4.72 Å². The quantitative estimate of drug-likeness (QED) is 0.808. The first-order valence-corrected chi connectivity index (χ1v) is 8.09. The number of rotatable bonds is 5. The summed E-state index contributed by atoms with van der Waals surface area (Å²) in [4.78, 5) is -0.480. The van der Waals surface area contributed by atoms with E-state index < -0.39 is 20.7 Å². The third-order valence-corrected chi connectivity index (χ3v) is 5.07. The van der Waals surface area contributed by atoms with Crippen LogP contribution in [0.1, 0.15) is 19.8 Å². The Hall–Kier alpha value is -1.18. The first-order valence-electron chi connectivity index (χ1n) is 6.61. The number of anilines is 1. The van der Waals surface area contributed by atoms with Crippen molar-refractivity contribution in [3.8, 4) is 0 Å². The minimum atomic E-state index is -3.95. The van der Waals surface area contributed by atoms with E-state index in [1.54, 1.807) is 0 Å². The van der Waals surface area contributed by atoms with Crippen LogP contribution < -0.4 is 10.5 Å². The third kappa shape index (κ3) is 3.11. The molecule has 0 saturated carbocycles. The summed E-state index contributed by atoms with van der Waals surface area (Å²) in [5.41, 5.74) is 5.47. The summed E-state index contributed by atoms with van der Waals surface area (Å²) in [6.45, 7) is 2.85.